The summed E-state index contributed by atoms with van der Waals surface area (Å²) in [7, 11) is 0. The Morgan fingerprint density at radius 1 is 1.23 bits per heavy atom. The molecule has 26 heavy (non-hydrogen) atoms. The number of urea groups is 1. The Kier molecular flexibility index (Phi) is 6.61. The van der Waals surface area contributed by atoms with Gasteiger partial charge in [-0.2, -0.15) is 0 Å². The van der Waals surface area contributed by atoms with Gasteiger partial charge in [0.05, 0.1) is 18.8 Å². The van der Waals surface area contributed by atoms with Gasteiger partial charge in [-0.25, -0.2) is 4.79 Å². The Bertz CT molecular complexity index is 607. The second-order valence-electron chi connectivity index (χ2n) is 7.20. The van der Waals surface area contributed by atoms with Crippen LogP contribution in [-0.4, -0.2) is 38.5 Å². The van der Waals surface area contributed by atoms with Crippen molar-refractivity contribution in [2.45, 2.75) is 51.7 Å². The van der Waals surface area contributed by atoms with E-state index in [0.29, 0.717) is 38.4 Å². The number of fused-ring (bicyclic) bond motifs is 1. The molecule has 1 heterocycles. The van der Waals surface area contributed by atoms with E-state index < -0.39 is 0 Å². The summed E-state index contributed by atoms with van der Waals surface area (Å²) >= 11 is 0. The molecule has 3 unspecified atom stereocenters. The number of benzene rings is 1. The van der Waals surface area contributed by atoms with Gasteiger partial charge in [0.2, 0.25) is 0 Å². The van der Waals surface area contributed by atoms with Crippen LogP contribution in [0.3, 0.4) is 0 Å². The minimum atomic E-state index is -0.187. The van der Waals surface area contributed by atoms with Gasteiger partial charge >= 0.3 is 6.03 Å². The Morgan fingerprint density at radius 2 is 2.00 bits per heavy atom. The van der Waals surface area contributed by atoms with Gasteiger partial charge in [-0.1, -0.05) is 25.8 Å². The summed E-state index contributed by atoms with van der Waals surface area (Å²) in [6.45, 7) is 6.40. The molecular formula is C20H30N2O4. The molecule has 0 saturated heterocycles. The van der Waals surface area contributed by atoms with E-state index in [4.69, 9.17) is 14.2 Å². The lowest BCUT2D eigenvalue weighted by molar-refractivity contribution is -0.00244. The average molecular weight is 362 g/mol. The van der Waals surface area contributed by atoms with Crippen molar-refractivity contribution in [3.05, 3.63) is 23.8 Å². The average Bonchev–Trinajstić information content (AvgIpc) is 2.66. The van der Waals surface area contributed by atoms with Gasteiger partial charge in [0.15, 0.2) is 11.5 Å². The van der Waals surface area contributed by atoms with Crippen molar-refractivity contribution in [1.29, 1.82) is 0 Å². The smallest absolute Gasteiger partial charge is 0.315 e. The fraction of sp³-hybridized carbons (Fsp3) is 0.650. The van der Waals surface area contributed by atoms with Crippen LogP contribution < -0.4 is 20.1 Å². The molecule has 1 saturated carbocycles. The van der Waals surface area contributed by atoms with Gasteiger partial charge in [-0.3, -0.25) is 0 Å². The van der Waals surface area contributed by atoms with E-state index in [1.165, 1.54) is 19.3 Å². The highest BCUT2D eigenvalue weighted by molar-refractivity contribution is 5.74. The Morgan fingerprint density at radius 3 is 2.81 bits per heavy atom. The van der Waals surface area contributed by atoms with Gasteiger partial charge < -0.3 is 24.8 Å². The number of amides is 2. The maximum absolute atomic E-state index is 12.1. The lowest BCUT2D eigenvalue weighted by Gasteiger charge is -2.28. The summed E-state index contributed by atoms with van der Waals surface area (Å²) in [4.78, 5) is 12.1. The molecule has 0 aromatic heterocycles. The third-order valence-corrected chi connectivity index (χ3v) is 5.17. The normalized spacial score (nSPS) is 23.2. The van der Waals surface area contributed by atoms with Crippen molar-refractivity contribution in [3.8, 4) is 11.5 Å². The molecule has 0 spiro atoms. The maximum atomic E-state index is 12.1. The van der Waals surface area contributed by atoms with Crippen LogP contribution in [0, 0.1) is 5.92 Å². The minimum absolute atomic E-state index is 0.120. The molecule has 0 bridgehead atoms. The van der Waals surface area contributed by atoms with Crippen molar-refractivity contribution in [1.82, 2.24) is 10.6 Å². The molecule has 1 aliphatic carbocycles. The monoisotopic (exact) mass is 362 g/mol. The highest BCUT2D eigenvalue weighted by Crippen LogP contribution is 2.32. The standard InChI is InChI=1S/C20H30N2O4/c1-14-5-3-4-6-17(14)24-10-9-21-20(23)22-15(2)16-7-8-18-19(13-16)26-12-11-25-18/h7-8,13-15,17H,3-6,9-12H2,1-2H3,(H2,21,22,23). The molecule has 3 rings (SSSR count). The first-order chi connectivity index (χ1) is 12.6. The fourth-order valence-electron chi connectivity index (χ4n) is 3.56. The molecule has 1 aromatic carbocycles. The van der Waals surface area contributed by atoms with Gasteiger partial charge in [-0.05, 0) is 43.4 Å². The number of rotatable bonds is 6. The molecule has 144 valence electrons. The number of hydrogen-bond acceptors (Lipinski definition) is 4. The molecular weight excluding hydrogens is 332 g/mol. The van der Waals surface area contributed by atoms with E-state index in [1.54, 1.807) is 0 Å². The largest absolute Gasteiger partial charge is 0.486 e. The number of ether oxygens (including phenoxy) is 3. The van der Waals surface area contributed by atoms with Crippen molar-refractivity contribution >= 4 is 6.03 Å². The van der Waals surface area contributed by atoms with E-state index in [-0.39, 0.29) is 12.1 Å². The number of hydrogen-bond donors (Lipinski definition) is 2. The van der Waals surface area contributed by atoms with Crippen LogP contribution in [0.4, 0.5) is 4.79 Å². The zero-order valence-electron chi connectivity index (χ0n) is 15.8. The third-order valence-electron chi connectivity index (χ3n) is 5.17. The summed E-state index contributed by atoms with van der Waals surface area (Å²) in [5.41, 5.74) is 0.983. The molecule has 6 nitrogen and oxygen atoms in total. The molecule has 2 amide bonds. The van der Waals surface area contributed by atoms with Crippen LogP contribution in [-0.2, 0) is 4.74 Å². The summed E-state index contributed by atoms with van der Waals surface area (Å²) in [6, 6.07) is 5.45. The van der Waals surface area contributed by atoms with Gasteiger partial charge in [0.1, 0.15) is 13.2 Å². The van der Waals surface area contributed by atoms with E-state index in [9.17, 15) is 4.79 Å². The van der Waals surface area contributed by atoms with Crippen LogP contribution in [0.25, 0.3) is 0 Å². The Balaban J connectivity index is 1.39. The zero-order valence-corrected chi connectivity index (χ0v) is 15.8. The predicted molar refractivity (Wildman–Crippen MR) is 99.8 cm³/mol. The minimum Gasteiger partial charge on any atom is -0.486 e. The first-order valence-corrected chi connectivity index (χ1v) is 9.69. The van der Waals surface area contributed by atoms with E-state index in [2.05, 4.69) is 17.6 Å². The topological polar surface area (TPSA) is 68.8 Å². The lowest BCUT2D eigenvalue weighted by atomic mass is 9.88. The van der Waals surface area contributed by atoms with E-state index >= 15 is 0 Å². The lowest BCUT2D eigenvalue weighted by Crippen LogP contribution is -2.39. The van der Waals surface area contributed by atoms with Crippen LogP contribution in [0.5, 0.6) is 11.5 Å². The van der Waals surface area contributed by atoms with Crippen LogP contribution >= 0.6 is 0 Å². The third kappa shape index (κ3) is 5.04. The van der Waals surface area contributed by atoms with E-state index in [0.717, 1.165) is 23.5 Å². The zero-order chi connectivity index (χ0) is 18.4. The SMILES string of the molecule is CC(NC(=O)NCCOC1CCCCC1C)c1ccc2c(c1)OCCO2. The molecule has 0 radical (unpaired) electrons. The second-order valence-corrected chi connectivity index (χ2v) is 7.20. The summed E-state index contributed by atoms with van der Waals surface area (Å²) in [5, 5.41) is 5.82. The van der Waals surface area contributed by atoms with Crippen LogP contribution in [0.15, 0.2) is 18.2 Å². The first-order valence-electron chi connectivity index (χ1n) is 9.69. The van der Waals surface area contributed by atoms with Gasteiger partial charge in [0.25, 0.3) is 0 Å². The highest BCUT2D eigenvalue weighted by atomic mass is 16.6. The summed E-state index contributed by atoms with van der Waals surface area (Å²) in [5.74, 6) is 2.11. The first kappa shape index (κ1) is 18.8. The number of carbonyl (C=O) groups is 1. The maximum Gasteiger partial charge on any atom is 0.315 e. The fourth-order valence-corrected chi connectivity index (χ4v) is 3.56. The molecule has 2 aliphatic rings. The Labute approximate surface area is 155 Å². The number of carbonyl (C=O) groups excluding carboxylic acids is 1. The molecule has 1 fully saturated rings. The van der Waals surface area contributed by atoms with Crippen molar-refractivity contribution in [3.63, 3.8) is 0 Å². The van der Waals surface area contributed by atoms with Crippen LogP contribution in [0.2, 0.25) is 0 Å². The van der Waals surface area contributed by atoms with E-state index in [1.807, 2.05) is 25.1 Å². The quantitative estimate of drug-likeness (QED) is 0.761. The highest BCUT2D eigenvalue weighted by Gasteiger charge is 2.21. The van der Waals surface area contributed by atoms with Crippen LogP contribution in [0.1, 0.15) is 51.1 Å². The van der Waals surface area contributed by atoms with Gasteiger partial charge in [0, 0.05) is 6.54 Å². The van der Waals surface area contributed by atoms with Crippen molar-refractivity contribution < 1.29 is 19.0 Å². The summed E-state index contributed by atoms with van der Waals surface area (Å²) in [6.07, 6.45) is 5.26. The number of nitrogens with one attached hydrogen (secondary N) is 2. The summed E-state index contributed by atoms with van der Waals surface area (Å²) < 4.78 is 17.0. The molecule has 1 aromatic rings. The molecule has 1 aliphatic heterocycles. The van der Waals surface area contributed by atoms with Gasteiger partial charge in [-0.15, -0.1) is 0 Å². The Hall–Kier alpha value is -1.95. The molecule has 3 atom stereocenters. The molecule has 6 heteroatoms. The second kappa shape index (κ2) is 9.12. The predicted octanol–water partition coefficient (Wildman–Crippen LogP) is 3.41. The molecule has 2 N–H and O–H groups in total. The van der Waals surface area contributed by atoms with Crippen molar-refractivity contribution in [2.75, 3.05) is 26.4 Å². The van der Waals surface area contributed by atoms with Crippen molar-refractivity contribution in [2.24, 2.45) is 5.92 Å².